The van der Waals surface area contributed by atoms with Crippen LogP contribution in [0.3, 0.4) is 0 Å². The number of fused-ring (bicyclic) bond motifs is 1. The second-order valence-corrected chi connectivity index (χ2v) is 5.54. The van der Waals surface area contributed by atoms with Crippen molar-refractivity contribution in [3.05, 3.63) is 30.5 Å². The Kier molecular flexibility index (Phi) is 3.74. The Morgan fingerprint density at radius 3 is 3.11 bits per heavy atom. The average Bonchev–Trinajstić information content (AvgIpc) is 2.90. The lowest BCUT2D eigenvalue weighted by molar-refractivity contribution is 0.360. The Bertz CT molecular complexity index is 528. The van der Waals surface area contributed by atoms with Crippen molar-refractivity contribution < 1.29 is 4.42 Å². The summed E-state index contributed by atoms with van der Waals surface area (Å²) in [6.45, 7) is 3.47. The van der Waals surface area contributed by atoms with Crippen molar-refractivity contribution in [3.8, 4) is 0 Å². The van der Waals surface area contributed by atoms with Crippen molar-refractivity contribution >= 4 is 16.7 Å². The maximum absolute atomic E-state index is 5.61. The fraction of sp³-hybridized carbons (Fsp3) is 0.500. The maximum Gasteiger partial charge on any atom is 0.136 e. The van der Waals surface area contributed by atoms with Gasteiger partial charge in [-0.25, -0.2) is 0 Å². The molecule has 2 aromatic rings. The van der Waals surface area contributed by atoms with Crippen LogP contribution < -0.4 is 10.2 Å². The zero-order chi connectivity index (χ0) is 13.1. The summed E-state index contributed by atoms with van der Waals surface area (Å²) >= 11 is 0. The fourth-order valence-corrected chi connectivity index (χ4v) is 2.93. The number of para-hydroxylation sites is 1. The molecule has 1 aliphatic heterocycles. The first kappa shape index (κ1) is 12.5. The average molecular weight is 258 g/mol. The molecule has 0 amide bonds. The standard InChI is InChI=1S/C16H22N2O/c1-18(10-8-13-5-4-9-17-11-13)15-12-19-16-7-3-2-6-14(15)16/h2-3,6-7,12-13,17H,4-5,8-11H2,1H3. The molecule has 0 bridgehead atoms. The van der Waals surface area contributed by atoms with Crippen LogP contribution in [0.15, 0.2) is 34.9 Å². The zero-order valence-corrected chi connectivity index (χ0v) is 11.6. The summed E-state index contributed by atoms with van der Waals surface area (Å²) in [5, 5.41) is 4.70. The van der Waals surface area contributed by atoms with Crippen molar-refractivity contribution in [1.82, 2.24) is 5.32 Å². The SMILES string of the molecule is CN(CCC1CCCNC1)c1coc2ccccc12. The number of anilines is 1. The Morgan fingerprint density at radius 2 is 2.26 bits per heavy atom. The minimum Gasteiger partial charge on any atom is -0.462 e. The predicted molar refractivity (Wildman–Crippen MR) is 79.7 cm³/mol. The summed E-state index contributed by atoms with van der Waals surface area (Å²) in [6.07, 6.45) is 5.82. The van der Waals surface area contributed by atoms with Gasteiger partial charge in [-0.2, -0.15) is 0 Å². The maximum atomic E-state index is 5.61. The fourth-order valence-electron chi connectivity index (χ4n) is 2.93. The van der Waals surface area contributed by atoms with E-state index in [2.05, 4.69) is 29.4 Å². The molecule has 19 heavy (non-hydrogen) atoms. The van der Waals surface area contributed by atoms with Crippen molar-refractivity contribution in [1.29, 1.82) is 0 Å². The summed E-state index contributed by atoms with van der Waals surface area (Å²) in [6, 6.07) is 8.24. The van der Waals surface area contributed by atoms with Crippen LogP contribution >= 0.6 is 0 Å². The van der Waals surface area contributed by atoms with E-state index in [1.807, 2.05) is 18.4 Å². The van der Waals surface area contributed by atoms with E-state index in [1.54, 1.807) is 0 Å². The first-order chi connectivity index (χ1) is 9.34. The summed E-state index contributed by atoms with van der Waals surface area (Å²) in [4.78, 5) is 2.32. The number of furan rings is 1. The van der Waals surface area contributed by atoms with E-state index in [4.69, 9.17) is 4.42 Å². The quantitative estimate of drug-likeness (QED) is 0.912. The molecular weight excluding hydrogens is 236 g/mol. The van der Waals surface area contributed by atoms with Gasteiger partial charge in [-0.1, -0.05) is 12.1 Å². The van der Waals surface area contributed by atoms with E-state index in [0.717, 1.165) is 18.0 Å². The highest BCUT2D eigenvalue weighted by Gasteiger charge is 2.15. The number of benzene rings is 1. The monoisotopic (exact) mass is 258 g/mol. The third-order valence-electron chi connectivity index (χ3n) is 4.14. The molecule has 1 aromatic heterocycles. The second-order valence-electron chi connectivity index (χ2n) is 5.54. The molecule has 1 aliphatic rings. The van der Waals surface area contributed by atoms with Crippen LogP contribution in [-0.4, -0.2) is 26.7 Å². The Labute approximate surface area is 114 Å². The van der Waals surface area contributed by atoms with Crippen molar-refractivity contribution in [2.45, 2.75) is 19.3 Å². The van der Waals surface area contributed by atoms with E-state index in [9.17, 15) is 0 Å². The predicted octanol–water partition coefficient (Wildman–Crippen LogP) is 3.26. The third-order valence-corrected chi connectivity index (χ3v) is 4.14. The molecule has 0 spiro atoms. The van der Waals surface area contributed by atoms with E-state index < -0.39 is 0 Å². The number of hydrogen-bond donors (Lipinski definition) is 1. The second kappa shape index (κ2) is 5.66. The summed E-state index contributed by atoms with van der Waals surface area (Å²) in [5.41, 5.74) is 2.18. The number of piperidine rings is 1. The van der Waals surface area contributed by atoms with Crippen LogP contribution in [0, 0.1) is 5.92 Å². The lowest BCUT2D eigenvalue weighted by atomic mass is 9.96. The van der Waals surface area contributed by atoms with Gasteiger partial charge in [-0.05, 0) is 50.4 Å². The van der Waals surface area contributed by atoms with Crippen molar-refractivity contribution in [3.63, 3.8) is 0 Å². The van der Waals surface area contributed by atoms with E-state index >= 15 is 0 Å². The van der Waals surface area contributed by atoms with E-state index in [-0.39, 0.29) is 0 Å². The Hall–Kier alpha value is -1.48. The van der Waals surface area contributed by atoms with Crippen LogP contribution in [0.25, 0.3) is 11.0 Å². The third kappa shape index (κ3) is 2.76. The van der Waals surface area contributed by atoms with Gasteiger partial charge in [0.1, 0.15) is 11.8 Å². The molecule has 3 rings (SSSR count). The number of hydrogen-bond acceptors (Lipinski definition) is 3. The largest absolute Gasteiger partial charge is 0.462 e. The molecule has 0 aliphatic carbocycles. The minimum absolute atomic E-state index is 0.828. The van der Waals surface area contributed by atoms with Crippen LogP contribution in [0.1, 0.15) is 19.3 Å². The zero-order valence-electron chi connectivity index (χ0n) is 11.6. The van der Waals surface area contributed by atoms with Gasteiger partial charge < -0.3 is 14.6 Å². The summed E-state index contributed by atoms with van der Waals surface area (Å²) < 4.78 is 5.61. The molecule has 1 aromatic carbocycles. The number of nitrogens with zero attached hydrogens (tertiary/aromatic N) is 1. The first-order valence-electron chi connectivity index (χ1n) is 7.22. The van der Waals surface area contributed by atoms with Crippen molar-refractivity contribution in [2.24, 2.45) is 5.92 Å². The smallest absolute Gasteiger partial charge is 0.136 e. The van der Waals surface area contributed by atoms with Crippen LogP contribution in [0.2, 0.25) is 0 Å². The molecule has 0 radical (unpaired) electrons. The van der Waals surface area contributed by atoms with E-state index in [1.165, 1.54) is 43.4 Å². The van der Waals surface area contributed by atoms with Gasteiger partial charge >= 0.3 is 0 Å². The van der Waals surface area contributed by atoms with Gasteiger partial charge in [0.2, 0.25) is 0 Å². The van der Waals surface area contributed by atoms with Gasteiger partial charge in [0.25, 0.3) is 0 Å². The lowest BCUT2D eigenvalue weighted by Crippen LogP contribution is -2.32. The van der Waals surface area contributed by atoms with Gasteiger partial charge in [0, 0.05) is 19.0 Å². The molecule has 3 nitrogen and oxygen atoms in total. The van der Waals surface area contributed by atoms with Gasteiger partial charge in [0.15, 0.2) is 0 Å². The van der Waals surface area contributed by atoms with Crippen LogP contribution in [-0.2, 0) is 0 Å². The summed E-state index contributed by atoms with van der Waals surface area (Å²) in [5.74, 6) is 0.828. The number of rotatable bonds is 4. The highest BCUT2D eigenvalue weighted by Crippen LogP contribution is 2.28. The highest BCUT2D eigenvalue weighted by molar-refractivity contribution is 5.90. The molecule has 1 saturated heterocycles. The molecule has 1 fully saturated rings. The normalized spacial score (nSPS) is 19.7. The minimum atomic E-state index is 0.828. The molecule has 1 unspecified atom stereocenters. The molecule has 1 atom stereocenters. The summed E-state index contributed by atoms with van der Waals surface area (Å²) in [7, 11) is 2.16. The van der Waals surface area contributed by atoms with Crippen LogP contribution in [0.4, 0.5) is 5.69 Å². The molecule has 1 N–H and O–H groups in total. The van der Waals surface area contributed by atoms with Gasteiger partial charge in [0.05, 0.1) is 5.69 Å². The van der Waals surface area contributed by atoms with Gasteiger partial charge in [-0.3, -0.25) is 0 Å². The highest BCUT2D eigenvalue weighted by atomic mass is 16.3. The first-order valence-corrected chi connectivity index (χ1v) is 7.22. The van der Waals surface area contributed by atoms with Gasteiger partial charge in [-0.15, -0.1) is 0 Å². The lowest BCUT2D eigenvalue weighted by Gasteiger charge is -2.25. The molecular formula is C16H22N2O. The topological polar surface area (TPSA) is 28.4 Å². The molecule has 0 saturated carbocycles. The number of nitrogens with one attached hydrogen (secondary N) is 1. The van der Waals surface area contributed by atoms with Crippen LogP contribution in [0.5, 0.6) is 0 Å². The van der Waals surface area contributed by atoms with Crippen molar-refractivity contribution in [2.75, 3.05) is 31.6 Å². The Balaban J connectivity index is 1.64. The van der Waals surface area contributed by atoms with E-state index in [0.29, 0.717) is 0 Å². The molecule has 102 valence electrons. The Morgan fingerprint density at radius 1 is 1.37 bits per heavy atom. The molecule has 3 heteroatoms. The molecule has 2 heterocycles.